The molecule has 2 aromatic carbocycles. The molecule has 8 heteroatoms. The number of hydrogen-bond donors (Lipinski definition) is 1. The minimum absolute atomic E-state index is 0.0325. The third-order valence-corrected chi connectivity index (χ3v) is 5.02. The van der Waals surface area contributed by atoms with E-state index in [0.717, 1.165) is 12.0 Å². The Morgan fingerprint density at radius 3 is 2.66 bits per heavy atom. The van der Waals surface area contributed by atoms with E-state index in [1.807, 2.05) is 30.3 Å². The third-order valence-electron chi connectivity index (χ3n) is 5.02. The highest BCUT2D eigenvalue weighted by Gasteiger charge is 2.27. The van der Waals surface area contributed by atoms with Crippen LogP contribution in [0.5, 0.6) is 5.75 Å². The summed E-state index contributed by atoms with van der Waals surface area (Å²) >= 11 is 0. The van der Waals surface area contributed by atoms with Gasteiger partial charge in [-0.15, -0.1) is 0 Å². The van der Waals surface area contributed by atoms with Crippen LogP contribution in [0.3, 0.4) is 0 Å². The van der Waals surface area contributed by atoms with Crippen molar-refractivity contribution in [2.75, 3.05) is 19.7 Å². The quantitative estimate of drug-likeness (QED) is 0.568. The number of ether oxygens (including phenoxy) is 1. The van der Waals surface area contributed by atoms with E-state index in [4.69, 9.17) is 10.5 Å². The summed E-state index contributed by atoms with van der Waals surface area (Å²) in [6.07, 6.45) is 1.85. The molecule has 1 atom stereocenters. The molecule has 0 radical (unpaired) electrons. The van der Waals surface area contributed by atoms with Gasteiger partial charge in [0.15, 0.2) is 6.61 Å². The molecule has 3 rings (SSSR count). The number of amides is 2. The lowest BCUT2D eigenvalue weighted by Crippen LogP contribution is -2.45. The highest BCUT2D eigenvalue weighted by Crippen LogP contribution is 2.27. The van der Waals surface area contributed by atoms with Gasteiger partial charge in [-0.1, -0.05) is 30.3 Å². The molecule has 1 aliphatic rings. The van der Waals surface area contributed by atoms with Gasteiger partial charge in [0.25, 0.3) is 11.6 Å². The van der Waals surface area contributed by atoms with Crippen LogP contribution in [-0.2, 0) is 16.0 Å². The topological polar surface area (TPSA) is 116 Å². The molecule has 29 heavy (non-hydrogen) atoms. The number of piperidine rings is 1. The van der Waals surface area contributed by atoms with Crippen molar-refractivity contribution < 1.29 is 19.2 Å². The number of benzene rings is 2. The first-order valence-electron chi connectivity index (χ1n) is 9.45. The summed E-state index contributed by atoms with van der Waals surface area (Å²) in [7, 11) is 0. The average molecular weight is 397 g/mol. The number of hydrogen-bond acceptors (Lipinski definition) is 5. The van der Waals surface area contributed by atoms with E-state index < -0.39 is 10.8 Å². The number of non-ortho nitro benzene ring substituents is 1. The van der Waals surface area contributed by atoms with Gasteiger partial charge in [0, 0.05) is 37.2 Å². The van der Waals surface area contributed by atoms with Crippen molar-refractivity contribution in [1.82, 2.24) is 4.90 Å². The summed E-state index contributed by atoms with van der Waals surface area (Å²) in [4.78, 5) is 36.2. The second-order valence-electron chi connectivity index (χ2n) is 7.08. The summed E-state index contributed by atoms with van der Waals surface area (Å²) in [5.41, 5.74) is 6.94. The standard InChI is InChI=1S/C21H23N3O5/c22-21(26)16-7-4-10-23(13-16)20(25)14-29-19-9-8-18(24(27)28)12-17(19)11-15-5-2-1-3-6-15/h1-3,5-6,8-9,12,16H,4,7,10-11,13-14H2,(H2,22,26). The van der Waals surface area contributed by atoms with Crippen LogP contribution in [0, 0.1) is 16.0 Å². The van der Waals surface area contributed by atoms with Crippen LogP contribution < -0.4 is 10.5 Å². The zero-order valence-electron chi connectivity index (χ0n) is 16.0. The Morgan fingerprint density at radius 2 is 1.97 bits per heavy atom. The van der Waals surface area contributed by atoms with Crippen LogP contribution in [0.1, 0.15) is 24.0 Å². The van der Waals surface area contributed by atoms with E-state index in [-0.39, 0.29) is 24.1 Å². The number of rotatable bonds is 7. The Kier molecular flexibility index (Phi) is 6.43. The molecule has 1 unspecified atom stereocenters. The Bertz CT molecular complexity index is 900. The van der Waals surface area contributed by atoms with Crippen LogP contribution >= 0.6 is 0 Å². The molecule has 2 N–H and O–H groups in total. The van der Waals surface area contributed by atoms with Crippen molar-refractivity contribution >= 4 is 17.5 Å². The SMILES string of the molecule is NC(=O)C1CCCN(C(=O)COc2ccc([N+](=O)[O-])cc2Cc2ccccc2)C1. The lowest BCUT2D eigenvalue weighted by atomic mass is 9.97. The monoisotopic (exact) mass is 397 g/mol. The van der Waals surface area contributed by atoms with Crippen molar-refractivity contribution in [2.24, 2.45) is 11.7 Å². The number of carbonyl (C=O) groups excluding carboxylic acids is 2. The highest BCUT2D eigenvalue weighted by molar-refractivity contribution is 5.81. The van der Waals surface area contributed by atoms with Gasteiger partial charge in [-0.2, -0.15) is 0 Å². The van der Waals surface area contributed by atoms with Gasteiger partial charge in [-0.25, -0.2) is 0 Å². The van der Waals surface area contributed by atoms with Crippen LogP contribution in [0.25, 0.3) is 0 Å². The Hall–Kier alpha value is -3.42. The van der Waals surface area contributed by atoms with E-state index in [1.165, 1.54) is 18.2 Å². The molecule has 152 valence electrons. The zero-order valence-corrected chi connectivity index (χ0v) is 16.0. The average Bonchev–Trinajstić information content (AvgIpc) is 2.73. The Labute approximate surface area is 168 Å². The predicted molar refractivity (Wildman–Crippen MR) is 106 cm³/mol. The number of nitrogens with two attached hydrogens (primary N) is 1. The number of primary amides is 1. The minimum atomic E-state index is -0.457. The second kappa shape index (κ2) is 9.18. The van der Waals surface area contributed by atoms with Crippen molar-refractivity contribution in [1.29, 1.82) is 0 Å². The van der Waals surface area contributed by atoms with Crippen molar-refractivity contribution in [3.63, 3.8) is 0 Å². The lowest BCUT2D eigenvalue weighted by molar-refractivity contribution is -0.384. The minimum Gasteiger partial charge on any atom is -0.483 e. The van der Waals surface area contributed by atoms with Crippen molar-refractivity contribution in [3.8, 4) is 5.75 Å². The van der Waals surface area contributed by atoms with E-state index in [1.54, 1.807) is 4.90 Å². The molecular weight excluding hydrogens is 374 g/mol. The summed E-state index contributed by atoms with van der Waals surface area (Å²) < 4.78 is 5.72. The maximum absolute atomic E-state index is 12.5. The van der Waals surface area contributed by atoms with Gasteiger partial charge >= 0.3 is 0 Å². The maximum Gasteiger partial charge on any atom is 0.269 e. The molecule has 2 aromatic rings. The smallest absolute Gasteiger partial charge is 0.269 e. The molecule has 1 aliphatic heterocycles. The largest absolute Gasteiger partial charge is 0.483 e. The Balaban J connectivity index is 1.71. The van der Waals surface area contributed by atoms with E-state index >= 15 is 0 Å². The highest BCUT2D eigenvalue weighted by atomic mass is 16.6. The van der Waals surface area contributed by atoms with E-state index in [0.29, 0.717) is 37.2 Å². The summed E-state index contributed by atoms with van der Waals surface area (Å²) in [5.74, 6) is -0.541. The van der Waals surface area contributed by atoms with Gasteiger partial charge in [0.05, 0.1) is 10.8 Å². The first-order chi connectivity index (χ1) is 13.9. The summed E-state index contributed by atoms with van der Waals surface area (Å²) in [5, 5.41) is 11.1. The Morgan fingerprint density at radius 1 is 1.21 bits per heavy atom. The molecule has 1 heterocycles. The van der Waals surface area contributed by atoms with Crippen molar-refractivity contribution in [2.45, 2.75) is 19.3 Å². The fraction of sp³-hybridized carbons (Fsp3) is 0.333. The van der Waals surface area contributed by atoms with Crippen LogP contribution in [0.15, 0.2) is 48.5 Å². The maximum atomic E-state index is 12.5. The van der Waals surface area contributed by atoms with Crippen molar-refractivity contribution in [3.05, 3.63) is 69.8 Å². The van der Waals surface area contributed by atoms with Crippen LogP contribution in [0.2, 0.25) is 0 Å². The molecule has 1 saturated heterocycles. The molecule has 1 fully saturated rings. The summed E-state index contributed by atoms with van der Waals surface area (Å²) in [6.45, 7) is 0.656. The molecule has 0 spiro atoms. The van der Waals surface area contributed by atoms with Gasteiger partial charge in [0.2, 0.25) is 5.91 Å². The molecular formula is C21H23N3O5. The molecule has 8 nitrogen and oxygen atoms in total. The second-order valence-corrected chi connectivity index (χ2v) is 7.08. The normalized spacial score (nSPS) is 16.3. The van der Waals surface area contributed by atoms with Crippen LogP contribution in [-0.4, -0.2) is 41.3 Å². The molecule has 0 aromatic heterocycles. The first kappa shape index (κ1) is 20.3. The zero-order chi connectivity index (χ0) is 20.8. The van der Waals surface area contributed by atoms with E-state index in [2.05, 4.69) is 0 Å². The molecule has 2 amide bonds. The molecule has 0 bridgehead atoms. The predicted octanol–water partition coefficient (Wildman–Crippen LogP) is 2.29. The number of carbonyl (C=O) groups is 2. The van der Waals surface area contributed by atoms with Gasteiger partial charge in [-0.05, 0) is 24.5 Å². The third kappa shape index (κ3) is 5.31. The number of nitro benzene ring substituents is 1. The van der Waals surface area contributed by atoms with Gasteiger partial charge < -0.3 is 15.4 Å². The lowest BCUT2D eigenvalue weighted by Gasteiger charge is -2.31. The number of nitrogens with zero attached hydrogens (tertiary/aromatic N) is 2. The van der Waals surface area contributed by atoms with Crippen LogP contribution in [0.4, 0.5) is 5.69 Å². The van der Waals surface area contributed by atoms with E-state index in [9.17, 15) is 19.7 Å². The van der Waals surface area contributed by atoms with Gasteiger partial charge in [0.1, 0.15) is 5.75 Å². The summed E-state index contributed by atoms with van der Waals surface area (Å²) in [6, 6.07) is 13.9. The molecule has 0 saturated carbocycles. The fourth-order valence-electron chi connectivity index (χ4n) is 3.44. The fourth-order valence-corrected chi connectivity index (χ4v) is 3.44. The first-order valence-corrected chi connectivity index (χ1v) is 9.45. The number of nitro groups is 1. The van der Waals surface area contributed by atoms with Gasteiger partial charge in [-0.3, -0.25) is 19.7 Å². The number of likely N-dealkylation sites (tertiary alicyclic amines) is 1. The molecule has 0 aliphatic carbocycles.